The molecule has 0 amide bonds. The summed E-state index contributed by atoms with van der Waals surface area (Å²) in [5.74, 6) is 3.29. The maximum absolute atomic E-state index is 13.5. The lowest BCUT2D eigenvalue weighted by Crippen LogP contribution is -2.36. The molecule has 2 aromatic carbocycles. The Kier molecular flexibility index (Phi) is 5.86. The van der Waals surface area contributed by atoms with E-state index >= 15 is 0 Å². The van der Waals surface area contributed by atoms with Crippen LogP contribution in [0.1, 0.15) is 38.3 Å². The van der Waals surface area contributed by atoms with Gasteiger partial charge in [0.1, 0.15) is 11.8 Å². The second kappa shape index (κ2) is 8.89. The fourth-order valence-corrected chi connectivity index (χ4v) is 5.12. The summed E-state index contributed by atoms with van der Waals surface area (Å²) in [5.41, 5.74) is 2.97. The number of nitrogens with zero attached hydrogens (tertiary/aromatic N) is 3. The van der Waals surface area contributed by atoms with E-state index in [4.69, 9.17) is 29.0 Å². The zero-order valence-corrected chi connectivity index (χ0v) is 21.3. The van der Waals surface area contributed by atoms with Crippen molar-refractivity contribution >= 4 is 11.7 Å². The molecule has 9 heteroatoms. The number of aromatic nitrogens is 3. The van der Waals surface area contributed by atoms with Crippen molar-refractivity contribution in [1.82, 2.24) is 14.8 Å². The van der Waals surface area contributed by atoms with Crippen LogP contribution in [0.25, 0.3) is 11.4 Å². The third-order valence-corrected chi connectivity index (χ3v) is 6.69. The molecule has 9 nitrogen and oxygen atoms in total. The lowest BCUT2D eigenvalue weighted by Gasteiger charge is -2.38. The number of benzene rings is 2. The van der Waals surface area contributed by atoms with Crippen LogP contribution in [-0.2, 0) is 4.79 Å². The van der Waals surface area contributed by atoms with Gasteiger partial charge in [-0.1, -0.05) is 32.0 Å². The lowest BCUT2D eigenvalue weighted by molar-refractivity contribution is -0.118. The maximum Gasteiger partial charge on any atom is 0.226 e. The van der Waals surface area contributed by atoms with Crippen molar-refractivity contribution in [3.63, 3.8) is 0 Å². The largest absolute Gasteiger partial charge is 0.496 e. The number of carbonyl (C=O) groups excluding carboxylic acids is 1. The van der Waals surface area contributed by atoms with Gasteiger partial charge in [0.2, 0.25) is 11.7 Å². The molecule has 0 fully saturated rings. The Morgan fingerprint density at radius 2 is 1.61 bits per heavy atom. The number of methoxy groups -OCH3 is 4. The minimum Gasteiger partial charge on any atom is -0.496 e. The molecule has 1 aromatic heterocycles. The summed E-state index contributed by atoms with van der Waals surface area (Å²) >= 11 is 0. The van der Waals surface area contributed by atoms with Gasteiger partial charge in [0.25, 0.3) is 0 Å². The van der Waals surface area contributed by atoms with Gasteiger partial charge in [-0.2, -0.15) is 4.98 Å². The van der Waals surface area contributed by atoms with Crippen molar-refractivity contribution in [2.45, 2.75) is 32.7 Å². The van der Waals surface area contributed by atoms with E-state index in [0.29, 0.717) is 52.3 Å². The first-order valence-corrected chi connectivity index (χ1v) is 11.7. The van der Waals surface area contributed by atoms with Gasteiger partial charge in [-0.25, -0.2) is 4.68 Å². The minimum atomic E-state index is -0.473. The van der Waals surface area contributed by atoms with Crippen LogP contribution < -0.4 is 24.3 Å². The Balaban J connectivity index is 1.70. The summed E-state index contributed by atoms with van der Waals surface area (Å²) in [6.07, 6.45) is 1.19. The normalized spacial score (nSPS) is 18.2. The van der Waals surface area contributed by atoms with Crippen LogP contribution in [0.15, 0.2) is 47.7 Å². The molecular weight excluding hydrogens is 460 g/mol. The van der Waals surface area contributed by atoms with Crippen molar-refractivity contribution in [2.24, 2.45) is 5.41 Å². The number of anilines is 1. The van der Waals surface area contributed by atoms with Crippen molar-refractivity contribution in [1.29, 1.82) is 0 Å². The van der Waals surface area contributed by atoms with Crippen LogP contribution in [-0.4, -0.2) is 49.0 Å². The number of rotatable bonds is 6. The fourth-order valence-electron chi connectivity index (χ4n) is 5.12. The molecule has 0 bridgehead atoms. The molecule has 1 N–H and O–H groups in total. The summed E-state index contributed by atoms with van der Waals surface area (Å²) in [6, 6.07) is 10.9. The Labute approximate surface area is 210 Å². The second-order valence-corrected chi connectivity index (χ2v) is 9.72. The number of hydrogen-bond donors (Lipinski definition) is 1. The molecule has 2 heterocycles. The highest BCUT2D eigenvalue weighted by Gasteiger charge is 2.42. The monoisotopic (exact) mass is 490 g/mol. The summed E-state index contributed by atoms with van der Waals surface area (Å²) < 4.78 is 24.0. The van der Waals surface area contributed by atoms with Crippen molar-refractivity contribution in [2.75, 3.05) is 33.8 Å². The Hall–Kier alpha value is -4.01. The highest BCUT2D eigenvalue weighted by Crippen LogP contribution is 2.48. The van der Waals surface area contributed by atoms with E-state index < -0.39 is 6.04 Å². The first-order valence-electron chi connectivity index (χ1n) is 11.7. The Morgan fingerprint density at radius 3 is 2.25 bits per heavy atom. The van der Waals surface area contributed by atoms with Crippen molar-refractivity contribution < 1.29 is 23.7 Å². The lowest BCUT2D eigenvalue weighted by atomic mass is 9.73. The predicted octanol–water partition coefficient (Wildman–Crippen LogP) is 4.64. The van der Waals surface area contributed by atoms with Gasteiger partial charge in [-0.15, -0.1) is 5.10 Å². The molecule has 1 aliphatic carbocycles. The smallest absolute Gasteiger partial charge is 0.226 e. The molecule has 0 saturated heterocycles. The Bertz CT molecular complexity index is 1350. The van der Waals surface area contributed by atoms with E-state index in [1.165, 1.54) is 0 Å². The number of hydrogen-bond acceptors (Lipinski definition) is 8. The van der Waals surface area contributed by atoms with Gasteiger partial charge in [0.15, 0.2) is 23.1 Å². The molecule has 1 aliphatic heterocycles. The molecule has 0 saturated carbocycles. The fraction of sp³-hybridized carbons (Fsp3) is 0.370. The predicted molar refractivity (Wildman–Crippen MR) is 135 cm³/mol. The number of carbonyl (C=O) groups is 1. The van der Waals surface area contributed by atoms with Crippen LogP contribution >= 0.6 is 0 Å². The molecule has 3 aromatic rings. The van der Waals surface area contributed by atoms with Crippen LogP contribution in [0.2, 0.25) is 0 Å². The molecule has 188 valence electrons. The molecule has 0 unspecified atom stereocenters. The van der Waals surface area contributed by atoms with Gasteiger partial charge in [-0.3, -0.25) is 4.79 Å². The molecular formula is C27H30N4O5. The SMILES string of the molecule is COc1ccccc1[C@@H]1C2=C(CC(C)(C)CC2=O)Nc2nc(-c3cc(OC)c(OC)c(OC)c3)nn21. The molecule has 5 rings (SSSR count). The van der Waals surface area contributed by atoms with Gasteiger partial charge in [0.05, 0.1) is 28.4 Å². The van der Waals surface area contributed by atoms with Crippen LogP contribution in [0.5, 0.6) is 23.0 Å². The summed E-state index contributed by atoms with van der Waals surface area (Å²) in [6.45, 7) is 4.21. The average Bonchev–Trinajstić information content (AvgIpc) is 3.29. The van der Waals surface area contributed by atoms with Crippen LogP contribution in [0.4, 0.5) is 5.95 Å². The first-order chi connectivity index (χ1) is 17.3. The molecule has 1 atom stereocenters. The number of fused-ring (bicyclic) bond motifs is 1. The number of Topliss-reactive ketones (excluding diaryl/α,β-unsaturated/α-hetero) is 1. The highest BCUT2D eigenvalue weighted by molar-refractivity contribution is 6.00. The summed E-state index contributed by atoms with van der Waals surface area (Å²) in [7, 11) is 6.32. The van der Waals surface area contributed by atoms with Gasteiger partial charge in [-0.05, 0) is 30.0 Å². The summed E-state index contributed by atoms with van der Waals surface area (Å²) in [4.78, 5) is 18.3. The van der Waals surface area contributed by atoms with Gasteiger partial charge in [0, 0.05) is 28.8 Å². The molecule has 2 aliphatic rings. The zero-order chi connectivity index (χ0) is 25.6. The van der Waals surface area contributed by atoms with Crippen molar-refractivity contribution in [3.05, 3.63) is 53.2 Å². The van der Waals surface area contributed by atoms with Crippen LogP contribution in [0.3, 0.4) is 0 Å². The third-order valence-electron chi connectivity index (χ3n) is 6.69. The highest BCUT2D eigenvalue weighted by atomic mass is 16.5. The second-order valence-electron chi connectivity index (χ2n) is 9.72. The van der Waals surface area contributed by atoms with E-state index in [0.717, 1.165) is 17.7 Å². The summed E-state index contributed by atoms with van der Waals surface area (Å²) in [5, 5.41) is 8.28. The molecule has 36 heavy (non-hydrogen) atoms. The Morgan fingerprint density at radius 1 is 0.944 bits per heavy atom. The maximum atomic E-state index is 13.5. The average molecular weight is 491 g/mol. The third kappa shape index (κ3) is 3.84. The topological polar surface area (TPSA) is 96.7 Å². The number of para-hydroxylation sites is 1. The van der Waals surface area contributed by atoms with Crippen LogP contribution in [0, 0.1) is 5.41 Å². The number of nitrogens with one attached hydrogen (secondary N) is 1. The minimum absolute atomic E-state index is 0.0974. The number of ether oxygens (including phenoxy) is 4. The standard InChI is InChI=1S/C27H30N4O5/c1-27(2)13-17-22(18(32)14-27)23(16-9-7-8-10-19(16)33-3)31-26(28-17)29-25(30-31)15-11-20(34-4)24(36-6)21(12-15)35-5/h7-12,23H,13-14H2,1-6H3,(H,28,29,30)/t23-/m1/s1. The van der Waals surface area contributed by atoms with Crippen molar-refractivity contribution in [3.8, 4) is 34.4 Å². The molecule has 0 radical (unpaired) electrons. The first kappa shape index (κ1) is 23.7. The van der Waals surface area contributed by atoms with E-state index in [2.05, 4.69) is 19.2 Å². The van der Waals surface area contributed by atoms with E-state index in [9.17, 15) is 4.79 Å². The number of allylic oxidation sites excluding steroid dienone is 2. The number of ketones is 1. The molecule has 0 spiro atoms. The van der Waals surface area contributed by atoms with E-state index in [1.807, 2.05) is 36.4 Å². The quantitative estimate of drug-likeness (QED) is 0.534. The van der Waals surface area contributed by atoms with E-state index in [1.54, 1.807) is 33.1 Å². The van der Waals surface area contributed by atoms with E-state index in [-0.39, 0.29) is 11.2 Å². The van der Waals surface area contributed by atoms with Gasteiger partial charge >= 0.3 is 0 Å². The zero-order valence-electron chi connectivity index (χ0n) is 21.3. The van der Waals surface area contributed by atoms with Gasteiger partial charge < -0.3 is 24.3 Å².